The topological polar surface area (TPSA) is 71.1 Å². The van der Waals surface area contributed by atoms with Gasteiger partial charge < -0.3 is 9.64 Å². The van der Waals surface area contributed by atoms with E-state index in [0.717, 1.165) is 16.9 Å². The third-order valence-electron chi connectivity index (χ3n) is 4.41. The van der Waals surface area contributed by atoms with Gasteiger partial charge in [-0.2, -0.15) is 0 Å². The number of methoxy groups -OCH3 is 1. The van der Waals surface area contributed by atoms with E-state index in [2.05, 4.69) is 15.2 Å². The fourth-order valence-electron chi connectivity index (χ4n) is 2.59. The lowest BCUT2D eigenvalue weighted by molar-refractivity contribution is -0.128. The van der Waals surface area contributed by atoms with E-state index in [4.69, 9.17) is 4.74 Å². The highest BCUT2D eigenvalue weighted by atomic mass is 32.2. The van der Waals surface area contributed by atoms with Crippen molar-refractivity contribution >= 4 is 17.7 Å². The Morgan fingerprint density at radius 1 is 1.19 bits per heavy atom. The Bertz CT molecular complexity index is 881. The number of carbonyl (C=O) groups excluding carboxylic acids is 1. The van der Waals surface area contributed by atoms with Crippen LogP contribution < -0.4 is 4.74 Å². The minimum Gasteiger partial charge on any atom is -0.497 e. The Morgan fingerprint density at radius 2 is 1.89 bits per heavy atom. The molecule has 2 aromatic carbocycles. The second-order valence-electron chi connectivity index (χ2n) is 6.08. The average molecular weight is 382 g/mol. The van der Waals surface area contributed by atoms with Crippen molar-refractivity contribution in [1.29, 1.82) is 0 Å². The molecule has 3 rings (SSSR count). The molecule has 0 saturated heterocycles. The molecule has 140 valence electrons. The van der Waals surface area contributed by atoms with Gasteiger partial charge in [-0.25, -0.2) is 4.98 Å². The molecule has 6 nitrogen and oxygen atoms in total. The number of aromatic nitrogens is 3. The minimum absolute atomic E-state index is 0.0151. The van der Waals surface area contributed by atoms with Gasteiger partial charge in [0.2, 0.25) is 11.1 Å². The Morgan fingerprint density at radius 3 is 2.56 bits per heavy atom. The molecule has 0 bridgehead atoms. The number of thioether (sulfide) groups is 1. The van der Waals surface area contributed by atoms with E-state index in [-0.39, 0.29) is 17.7 Å². The van der Waals surface area contributed by atoms with Crippen LogP contribution in [0, 0.1) is 0 Å². The number of hydrogen-bond acceptors (Lipinski definition) is 5. The summed E-state index contributed by atoms with van der Waals surface area (Å²) in [6.45, 7) is 2.02. The number of carbonyl (C=O) groups is 1. The zero-order valence-electron chi connectivity index (χ0n) is 15.5. The summed E-state index contributed by atoms with van der Waals surface area (Å²) >= 11 is 1.32. The maximum absolute atomic E-state index is 12.5. The minimum atomic E-state index is 0.0151. The van der Waals surface area contributed by atoms with Crippen molar-refractivity contribution < 1.29 is 9.53 Å². The van der Waals surface area contributed by atoms with Crippen molar-refractivity contribution in [1.82, 2.24) is 20.1 Å². The van der Waals surface area contributed by atoms with Crippen LogP contribution in [0.15, 0.2) is 59.8 Å². The zero-order valence-corrected chi connectivity index (χ0v) is 16.4. The first kappa shape index (κ1) is 19.0. The Balaban J connectivity index is 1.58. The smallest absolute Gasteiger partial charge is 0.233 e. The highest BCUT2D eigenvalue weighted by Gasteiger charge is 2.18. The fourth-order valence-corrected chi connectivity index (χ4v) is 3.31. The van der Waals surface area contributed by atoms with Gasteiger partial charge in [-0.3, -0.25) is 9.89 Å². The number of rotatable bonds is 7. The van der Waals surface area contributed by atoms with Crippen LogP contribution in [-0.4, -0.2) is 45.9 Å². The molecule has 0 aliphatic heterocycles. The van der Waals surface area contributed by atoms with E-state index in [1.807, 2.05) is 68.6 Å². The number of amides is 1. The summed E-state index contributed by atoms with van der Waals surface area (Å²) < 4.78 is 5.16. The molecule has 0 aliphatic carbocycles. The summed E-state index contributed by atoms with van der Waals surface area (Å²) in [4.78, 5) is 18.7. The summed E-state index contributed by atoms with van der Waals surface area (Å²) in [6.07, 6.45) is 0. The predicted octanol–water partition coefficient (Wildman–Crippen LogP) is 3.79. The molecule has 1 atom stereocenters. The van der Waals surface area contributed by atoms with Crippen molar-refractivity contribution in [2.75, 3.05) is 19.9 Å². The summed E-state index contributed by atoms with van der Waals surface area (Å²) in [5, 5.41) is 7.66. The first-order chi connectivity index (χ1) is 13.1. The van der Waals surface area contributed by atoms with E-state index in [1.165, 1.54) is 11.8 Å². The fraction of sp³-hybridized carbons (Fsp3) is 0.250. The quantitative estimate of drug-likeness (QED) is 0.630. The number of benzene rings is 2. The number of nitrogens with one attached hydrogen (secondary N) is 1. The van der Waals surface area contributed by atoms with Gasteiger partial charge in [-0.05, 0) is 36.8 Å². The second-order valence-corrected chi connectivity index (χ2v) is 7.02. The van der Waals surface area contributed by atoms with Crippen LogP contribution >= 0.6 is 11.8 Å². The molecule has 1 heterocycles. The number of ether oxygens (including phenoxy) is 1. The van der Waals surface area contributed by atoms with E-state index in [9.17, 15) is 4.79 Å². The van der Waals surface area contributed by atoms with Crippen LogP contribution in [0.2, 0.25) is 0 Å². The van der Waals surface area contributed by atoms with Gasteiger partial charge in [0.1, 0.15) is 5.75 Å². The van der Waals surface area contributed by atoms with Crippen LogP contribution in [-0.2, 0) is 4.79 Å². The number of aromatic amines is 1. The lowest BCUT2D eigenvalue weighted by Crippen LogP contribution is -2.31. The molecular formula is C20H22N4O2S. The van der Waals surface area contributed by atoms with Crippen molar-refractivity contribution in [3.8, 4) is 17.1 Å². The van der Waals surface area contributed by atoms with Gasteiger partial charge >= 0.3 is 0 Å². The SMILES string of the molecule is COc1ccc(-c2nc(SCC(=O)N(C)[C@@H](C)c3ccccc3)n[nH]2)cc1. The third-order valence-corrected chi connectivity index (χ3v) is 5.24. The van der Waals surface area contributed by atoms with E-state index in [1.54, 1.807) is 12.0 Å². The van der Waals surface area contributed by atoms with Gasteiger partial charge in [-0.1, -0.05) is 42.1 Å². The first-order valence-corrected chi connectivity index (χ1v) is 9.57. The van der Waals surface area contributed by atoms with Crippen molar-refractivity contribution in [3.63, 3.8) is 0 Å². The molecule has 1 amide bonds. The highest BCUT2D eigenvalue weighted by molar-refractivity contribution is 7.99. The van der Waals surface area contributed by atoms with E-state index < -0.39 is 0 Å². The van der Waals surface area contributed by atoms with Crippen molar-refractivity contribution in [2.24, 2.45) is 0 Å². The molecule has 3 aromatic rings. The summed E-state index contributed by atoms with van der Waals surface area (Å²) in [6, 6.07) is 17.6. The van der Waals surface area contributed by atoms with Crippen LogP contribution in [0.1, 0.15) is 18.5 Å². The molecule has 0 fully saturated rings. The van der Waals surface area contributed by atoms with Crippen molar-refractivity contribution in [2.45, 2.75) is 18.1 Å². The molecule has 27 heavy (non-hydrogen) atoms. The largest absolute Gasteiger partial charge is 0.497 e. The Labute approximate surface area is 163 Å². The molecule has 1 N–H and O–H groups in total. The predicted molar refractivity (Wildman–Crippen MR) is 107 cm³/mol. The monoisotopic (exact) mass is 382 g/mol. The number of hydrogen-bond donors (Lipinski definition) is 1. The number of nitrogens with zero attached hydrogens (tertiary/aromatic N) is 3. The van der Waals surface area contributed by atoms with Crippen LogP contribution in [0.25, 0.3) is 11.4 Å². The summed E-state index contributed by atoms with van der Waals surface area (Å²) in [5.74, 6) is 1.77. The zero-order chi connectivity index (χ0) is 19.2. The highest BCUT2D eigenvalue weighted by Crippen LogP contribution is 2.23. The lowest BCUT2D eigenvalue weighted by atomic mass is 10.1. The normalized spacial score (nSPS) is 11.8. The van der Waals surface area contributed by atoms with E-state index >= 15 is 0 Å². The molecular weight excluding hydrogens is 360 g/mol. The standard InChI is InChI=1S/C20H22N4O2S/c1-14(15-7-5-4-6-8-15)24(2)18(25)13-27-20-21-19(22-23-20)16-9-11-17(26-3)12-10-16/h4-12,14H,13H2,1-3H3,(H,21,22,23)/t14-/m0/s1. The lowest BCUT2D eigenvalue weighted by Gasteiger charge is -2.25. The van der Waals surface area contributed by atoms with E-state index in [0.29, 0.717) is 11.0 Å². The molecule has 7 heteroatoms. The second kappa shape index (κ2) is 8.73. The van der Waals surface area contributed by atoms with Crippen LogP contribution in [0.3, 0.4) is 0 Å². The summed E-state index contributed by atoms with van der Waals surface area (Å²) in [7, 11) is 3.45. The van der Waals surface area contributed by atoms with Gasteiger partial charge in [0.05, 0.1) is 18.9 Å². The molecule has 0 radical (unpaired) electrons. The third kappa shape index (κ3) is 4.68. The van der Waals surface area contributed by atoms with Gasteiger partial charge in [0.25, 0.3) is 0 Å². The van der Waals surface area contributed by atoms with Crippen molar-refractivity contribution in [3.05, 3.63) is 60.2 Å². The molecule has 1 aromatic heterocycles. The van der Waals surface area contributed by atoms with Gasteiger partial charge in [0, 0.05) is 12.6 Å². The summed E-state index contributed by atoms with van der Waals surface area (Å²) in [5.41, 5.74) is 2.02. The maximum atomic E-state index is 12.5. The molecule has 0 saturated carbocycles. The van der Waals surface area contributed by atoms with Crippen LogP contribution in [0.4, 0.5) is 0 Å². The molecule has 0 spiro atoms. The van der Waals surface area contributed by atoms with Gasteiger partial charge in [-0.15, -0.1) is 5.10 Å². The van der Waals surface area contributed by atoms with Gasteiger partial charge in [0.15, 0.2) is 5.82 Å². The Hall–Kier alpha value is -2.80. The number of H-pyrrole nitrogens is 1. The van der Waals surface area contributed by atoms with Crippen LogP contribution in [0.5, 0.6) is 5.75 Å². The molecule has 0 aliphatic rings. The first-order valence-electron chi connectivity index (χ1n) is 8.58. The Kier molecular flexibility index (Phi) is 6.13. The maximum Gasteiger partial charge on any atom is 0.233 e. The average Bonchev–Trinajstić information content (AvgIpc) is 3.20. The molecule has 0 unspecified atom stereocenters.